The Hall–Kier alpha value is -0.610. The molecule has 0 aromatic heterocycles. The largest absolute Gasteiger partial charge is 0.351 e. The molecule has 1 aliphatic carbocycles. The van der Waals surface area contributed by atoms with E-state index in [4.69, 9.17) is 5.73 Å². The van der Waals surface area contributed by atoms with Crippen molar-refractivity contribution >= 4 is 5.91 Å². The van der Waals surface area contributed by atoms with Crippen molar-refractivity contribution in [1.82, 2.24) is 10.2 Å². The third kappa shape index (κ3) is 2.96. The lowest BCUT2D eigenvalue weighted by Crippen LogP contribution is -2.52. The van der Waals surface area contributed by atoms with E-state index in [2.05, 4.69) is 24.3 Å². The number of carbonyl (C=O) groups is 1. The molecule has 0 unspecified atom stereocenters. The highest BCUT2D eigenvalue weighted by Gasteiger charge is 2.27. The van der Waals surface area contributed by atoms with E-state index in [1.807, 2.05) is 0 Å². The van der Waals surface area contributed by atoms with Crippen molar-refractivity contribution in [3.8, 4) is 0 Å². The summed E-state index contributed by atoms with van der Waals surface area (Å²) in [5.41, 5.74) is 5.29. The fraction of sp³-hybridized carbons (Fsp3) is 0.900. The second-order valence-corrected chi connectivity index (χ2v) is 4.19. The van der Waals surface area contributed by atoms with Crippen LogP contribution in [-0.2, 0) is 4.79 Å². The van der Waals surface area contributed by atoms with Crippen molar-refractivity contribution in [2.45, 2.75) is 37.8 Å². The molecule has 1 aliphatic rings. The van der Waals surface area contributed by atoms with Crippen LogP contribution in [0.15, 0.2) is 0 Å². The maximum absolute atomic E-state index is 11.2. The van der Waals surface area contributed by atoms with E-state index < -0.39 is 0 Å². The lowest BCUT2D eigenvalue weighted by Gasteiger charge is -2.36. The van der Waals surface area contributed by atoms with Gasteiger partial charge in [0.25, 0.3) is 0 Å². The van der Waals surface area contributed by atoms with Crippen molar-refractivity contribution < 1.29 is 4.79 Å². The molecule has 1 fully saturated rings. The van der Waals surface area contributed by atoms with Crippen molar-refractivity contribution in [2.75, 3.05) is 20.6 Å². The molecule has 0 aromatic carbocycles. The quantitative estimate of drug-likeness (QED) is 0.669. The van der Waals surface area contributed by atoms with E-state index in [1.165, 1.54) is 19.3 Å². The van der Waals surface area contributed by atoms with Crippen molar-refractivity contribution in [2.24, 2.45) is 5.73 Å². The predicted molar refractivity (Wildman–Crippen MR) is 56.9 cm³/mol. The van der Waals surface area contributed by atoms with Crippen LogP contribution in [0.4, 0.5) is 0 Å². The number of nitrogens with zero attached hydrogens (tertiary/aromatic N) is 1. The molecular formula is C10H21N3O. The Morgan fingerprint density at radius 1 is 1.43 bits per heavy atom. The fourth-order valence-corrected chi connectivity index (χ4v) is 2.16. The molecular weight excluding hydrogens is 178 g/mol. The first kappa shape index (κ1) is 11.5. The molecule has 1 amide bonds. The maximum atomic E-state index is 11.2. The minimum atomic E-state index is -0.0382. The minimum Gasteiger partial charge on any atom is -0.351 e. The molecule has 0 aliphatic heterocycles. The second-order valence-electron chi connectivity index (χ2n) is 4.19. The van der Waals surface area contributed by atoms with Gasteiger partial charge in [-0.15, -0.1) is 0 Å². The molecule has 3 N–H and O–H groups in total. The van der Waals surface area contributed by atoms with Gasteiger partial charge in [-0.2, -0.15) is 0 Å². The summed E-state index contributed by atoms with van der Waals surface area (Å²) in [6.07, 6.45) is 4.72. The van der Waals surface area contributed by atoms with Crippen LogP contribution in [0.2, 0.25) is 0 Å². The van der Waals surface area contributed by atoms with E-state index in [-0.39, 0.29) is 18.5 Å². The fourth-order valence-electron chi connectivity index (χ4n) is 2.16. The topological polar surface area (TPSA) is 58.4 Å². The van der Waals surface area contributed by atoms with Gasteiger partial charge in [0.2, 0.25) is 5.91 Å². The van der Waals surface area contributed by atoms with Gasteiger partial charge in [-0.3, -0.25) is 4.79 Å². The van der Waals surface area contributed by atoms with Gasteiger partial charge in [0.05, 0.1) is 6.54 Å². The maximum Gasteiger partial charge on any atom is 0.234 e. The van der Waals surface area contributed by atoms with E-state index in [9.17, 15) is 4.79 Å². The molecule has 2 atom stereocenters. The number of hydrogen-bond acceptors (Lipinski definition) is 3. The lowest BCUT2D eigenvalue weighted by molar-refractivity contribution is -0.121. The van der Waals surface area contributed by atoms with Crippen LogP contribution in [-0.4, -0.2) is 43.5 Å². The average molecular weight is 199 g/mol. The highest BCUT2D eigenvalue weighted by atomic mass is 16.1. The Balaban J connectivity index is 2.49. The van der Waals surface area contributed by atoms with Crippen LogP contribution in [0.3, 0.4) is 0 Å². The van der Waals surface area contributed by atoms with Crippen LogP contribution >= 0.6 is 0 Å². The van der Waals surface area contributed by atoms with E-state index in [0.717, 1.165) is 6.42 Å². The SMILES string of the molecule is CN(C)[C@H]1CCCC[C@H]1NC(=O)CN. The Morgan fingerprint density at radius 2 is 2.07 bits per heavy atom. The van der Waals surface area contributed by atoms with Crippen LogP contribution in [0.5, 0.6) is 0 Å². The molecule has 0 spiro atoms. The summed E-state index contributed by atoms with van der Waals surface area (Å²) in [4.78, 5) is 13.4. The highest BCUT2D eigenvalue weighted by molar-refractivity contribution is 5.78. The molecule has 0 aromatic rings. The Bertz CT molecular complexity index is 194. The molecule has 0 heterocycles. The van der Waals surface area contributed by atoms with Crippen LogP contribution in [0.1, 0.15) is 25.7 Å². The summed E-state index contributed by atoms with van der Waals surface area (Å²) in [6.45, 7) is 0.0939. The summed E-state index contributed by atoms with van der Waals surface area (Å²) >= 11 is 0. The number of nitrogens with two attached hydrogens (primary N) is 1. The number of amides is 1. The van der Waals surface area contributed by atoms with Crippen LogP contribution in [0, 0.1) is 0 Å². The summed E-state index contributed by atoms with van der Waals surface area (Å²) in [7, 11) is 4.13. The first-order valence-corrected chi connectivity index (χ1v) is 5.31. The third-order valence-electron chi connectivity index (χ3n) is 2.92. The smallest absolute Gasteiger partial charge is 0.234 e. The number of nitrogens with one attached hydrogen (secondary N) is 1. The number of rotatable bonds is 3. The number of carbonyl (C=O) groups excluding carboxylic acids is 1. The van der Waals surface area contributed by atoms with Crippen LogP contribution in [0.25, 0.3) is 0 Å². The summed E-state index contributed by atoms with van der Waals surface area (Å²) in [5.74, 6) is -0.0382. The zero-order valence-electron chi connectivity index (χ0n) is 9.12. The van der Waals surface area contributed by atoms with Gasteiger partial charge in [0.15, 0.2) is 0 Å². The van der Waals surface area contributed by atoms with Gasteiger partial charge >= 0.3 is 0 Å². The molecule has 1 rings (SSSR count). The molecule has 0 saturated heterocycles. The average Bonchev–Trinajstić information content (AvgIpc) is 2.18. The molecule has 82 valence electrons. The van der Waals surface area contributed by atoms with E-state index in [1.54, 1.807) is 0 Å². The number of likely N-dealkylation sites (N-methyl/N-ethyl adjacent to an activating group) is 1. The minimum absolute atomic E-state index is 0.0382. The molecule has 0 bridgehead atoms. The van der Waals surface area contributed by atoms with Gasteiger partial charge < -0.3 is 16.0 Å². The first-order chi connectivity index (χ1) is 6.65. The number of hydrogen-bond donors (Lipinski definition) is 2. The second kappa shape index (κ2) is 5.32. The zero-order chi connectivity index (χ0) is 10.6. The van der Waals surface area contributed by atoms with Crippen molar-refractivity contribution in [3.05, 3.63) is 0 Å². The lowest BCUT2D eigenvalue weighted by atomic mass is 9.89. The summed E-state index contributed by atoms with van der Waals surface area (Å²) < 4.78 is 0. The first-order valence-electron chi connectivity index (χ1n) is 5.31. The van der Waals surface area contributed by atoms with Gasteiger partial charge in [0.1, 0.15) is 0 Å². The van der Waals surface area contributed by atoms with Gasteiger partial charge in [0, 0.05) is 12.1 Å². The monoisotopic (exact) mass is 199 g/mol. The van der Waals surface area contributed by atoms with Crippen LogP contribution < -0.4 is 11.1 Å². The Kier molecular flexibility index (Phi) is 4.35. The molecule has 0 radical (unpaired) electrons. The Morgan fingerprint density at radius 3 is 2.64 bits per heavy atom. The van der Waals surface area contributed by atoms with Crippen molar-refractivity contribution in [3.63, 3.8) is 0 Å². The third-order valence-corrected chi connectivity index (χ3v) is 2.92. The van der Waals surface area contributed by atoms with Gasteiger partial charge in [-0.25, -0.2) is 0 Å². The molecule has 4 heteroatoms. The van der Waals surface area contributed by atoms with Crippen molar-refractivity contribution in [1.29, 1.82) is 0 Å². The van der Waals surface area contributed by atoms with Gasteiger partial charge in [-0.1, -0.05) is 12.8 Å². The molecule has 1 saturated carbocycles. The van der Waals surface area contributed by atoms with E-state index in [0.29, 0.717) is 6.04 Å². The predicted octanol–water partition coefficient (Wildman–Crippen LogP) is -0.0659. The Labute approximate surface area is 85.8 Å². The summed E-state index contributed by atoms with van der Waals surface area (Å²) in [5, 5.41) is 2.99. The highest BCUT2D eigenvalue weighted by Crippen LogP contribution is 2.21. The van der Waals surface area contributed by atoms with Gasteiger partial charge in [-0.05, 0) is 26.9 Å². The normalized spacial score (nSPS) is 27.7. The molecule has 4 nitrogen and oxygen atoms in total. The molecule has 14 heavy (non-hydrogen) atoms. The van der Waals surface area contributed by atoms with E-state index >= 15 is 0 Å². The standard InChI is InChI=1S/C10H21N3O/c1-13(2)9-6-4-3-5-8(9)12-10(14)7-11/h8-9H,3-7,11H2,1-2H3,(H,12,14)/t8-,9+/m1/s1. The zero-order valence-corrected chi connectivity index (χ0v) is 9.12. The summed E-state index contributed by atoms with van der Waals surface area (Å²) in [6, 6.07) is 0.758.